The van der Waals surface area contributed by atoms with Gasteiger partial charge in [0, 0.05) is 24.6 Å². The van der Waals surface area contributed by atoms with Crippen molar-refractivity contribution in [1.29, 1.82) is 0 Å². The minimum Gasteiger partial charge on any atom is -0.381 e. The molecular formula is C10H20N2O. The third-order valence-corrected chi connectivity index (χ3v) is 3.80. The summed E-state index contributed by atoms with van der Waals surface area (Å²) in [5.41, 5.74) is 6.10. The Hall–Kier alpha value is -0.120. The molecule has 2 atom stereocenters. The fourth-order valence-electron chi connectivity index (χ4n) is 2.41. The van der Waals surface area contributed by atoms with Gasteiger partial charge in [-0.15, -0.1) is 0 Å². The molecule has 0 saturated carbocycles. The van der Waals surface area contributed by atoms with Crippen molar-refractivity contribution in [1.82, 2.24) is 4.90 Å². The van der Waals surface area contributed by atoms with Crippen LogP contribution in [0.3, 0.4) is 0 Å². The van der Waals surface area contributed by atoms with Gasteiger partial charge in [-0.25, -0.2) is 0 Å². The number of hydrogen-bond acceptors (Lipinski definition) is 3. The fraction of sp³-hybridized carbons (Fsp3) is 1.00. The highest BCUT2D eigenvalue weighted by Gasteiger charge is 2.42. The van der Waals surface area contributed by atoms with Crippen LogP contribution >= 0.6 is 0 Å². The first-order valence-corrected chi connectivity index (χ1v) is 5.30. The Labute approximate surface area is 80.2 Å². The molecule has 0 aromatic rings. The lowest BCUT2D eigenvalue weighted by molar-refractivity contribution is 0.000361. The zero-order chi connectivity index (χ0) is 9.31. The summed E-state index contributed by atoms with van der Waals surface area (Å²) in [7, 11) is 0. The van der Waals surface area contributed by atoms with Crippen molar-refractivity contribution in [2.45, 2.75) is 25.3 Å². The summed E-state index contributed by atoms with van der Waals surface area (Å²) in [6, 6.07) is 0. The molecule has 2 heterocycles. The van der Waals surface area contributed by atoms with Crippen LogP contribution in [0.15, 0.2) is 0 Å². The van der Waals surface area contributed by atoms with Gasteiger partial charge in [0.25, 0.3) is 0 Å². The molecular weight excluding hydrogens is 164 g/mol. The Balaban J connectivity index is 2.03. The molecule has 2 saturated heterocycles. The summed E-state index contributed by atoms with van der Waals surface area (Å²) in [5.74, 6) is 0.651. The van der Waals surface area contributed by atoms with E-state index in [1.165, 1.54) is 25.9 Å². The average molecular weight is 184 g/mol. The highest BCUT2D eigenvalue weighted by Crippen LogP contribution is 2.33. The molecule has 0 spiro atoms. The second-order valence-electron chi connectivity index (χ2n) is 4.46. The van der Waals surface area contributed by atoms with Gasteiger partial charge in [0.1, 0.15) is 0 Å². The van der Waals surface area contributed by atoms with E-state index >= 15 is 0 Å². The van der Waals surface area contributed by atoms with Crippen LogP contribution in [0.25, 0.3) is 0 Å². The molecule has 0 aromatic carbocycles. The van der Waals surface area contributed by atoms with E-state index in [2.05, 4.69) is 11.8 Å². The third kappa shape index (κ3) is 1.49. The number of rotatable bonds is 3. The van der Waals surface area contributed by atoms with Gasteiger partial charge < -0.3 is 10.5 Å². The Morgan fingerprint density at radius 1 is 1.54 bits per heavy atom. The maximum atomic E-state index is 5.90. The number of nitrogens with two attached hydrogens (primary N) is 1. The molecule has 2 fully saturated rings. The minimum absolute atomic E-state index is 0.203. The van der Waals surface area contributed by atoms with Crippen LogP contribution in [-0.4, -0.2) is 43.3 Å². The molecule has 13 heavy (non-hydrogen) atoms. The van der Waals surface area contributed by atoms with E-state index < -0.39 is 0 Å². The van der Waals surface area contributed by atoms with Crippen LogP contribution in [0.4, 0.5) is 0 Å². The molecule has 2 N–H and O–H groups in total. The zero-order valence-electron chi connectivity index (χ0n) is 8.46. The number of likely N-dealkylation sites (tertiary alicyclic amines) is 1. The molecule has 3 heteroatoms. The van der Waals surface area contributed by atoms with Crippen molar-refractivity contribution in [2.24, 2.45) is 11.7 Å². The largest absolute Gasteiger partial charge is 0.381 e. The molecule has 2 unspecified atom stereocenters. The van der Waals surface area contributed by atoms with Crippen molar-refractivity contribution < 1.29 is 4.74 Å². The second-order valence-corrected chi connectivity index (χ2v) is 4.46. The number of nitrogens with zero attached hydrogens (tertiary/aromatic N) is 1. The summed E-state index contributed by atoms with van der Waals surface area (Å²) in [4.78, 5) is 2.52. The van der Waals surface area contributed by atoms with E-state index in [4.69, 9.17) is 10.5 Å². The molecule has 2 aliphatic heterocycles. The van der Waals surface area contributed by atoms with Gasteiger partial charge in [-0.2, -0.15) is 0 Å². The van der Waals surface area contributed by atoms with Crippen molar-refractivity contribution in [3.8, 4) is 0 Å². The zero-order valence-corrected chi connectivity index (χ0v) is 8.46. The maximum absolute atomic E-state index is 5.90. The first kappa shape index (κ1) is 9.44. The molecule has 2 aliphatic rings. The molecule has 0 aromatic heterocycles. The second kappa shape index (κ2) is 3.56. The van der Waals surface area contributed by atoms with Crippen LogP contribution in [-0.2, 0) is 4.74 Å². The summed E-state index contributed by atoms with van der Waals surface area (Å²) in [6.07, 6.45) is 2.52. The molecule has 76 valence electrons. The van der Waals surface area contributed by atoms with Gasteiger partial charge in [0.05, 0.1) is 6.61 Å². The van der Waals surface area contributed by atoms with Crippen molar-refractivity contribution in [2.75, 3.05) is 32.8 Å². The summed E-state index contributed by atoms with van der Waals surface area (Å²) in [6.45, 7) is 7.35. The van der Waals surface area contributed by atoms with Crippen LogP contribution in [0, 0.1) is 5.92 Å². The maximum Gasteiger partial charge on any atom is 0.0513 e. The van der Waals surface area contributed by atoms with Crippen LogP contribution in [0.5, 0.6) is 0 Å². The van der Waals surface area contributed by atoms with Gasteiger partial charge in [0.15, 0.2) is 0 Å². The van der Waals surface area contributed by atoms with Crippen LogP contribution in [0.1, 0.15) is 19.8 Å². The molecule has 0 bridgehead atoms. The van der Waals surface area contributed by atoms with E-state index in [9.17, 15) is 0 Å². The SMILES string of the molecule is CC(CN)(C1CCOC1)N1CCC1. The smallest absolute Gasteiger partial charge is 0.0513 e. The van der Waals surface area contributed by atoms with E-state index in [-0.39, 0.29) is 5.54 Å². The standard InChI is InChI=1S/C10H20N2O/c1-10(8-11,12-4-2-5-12)9-3-6-13-7-9/h9H,2-8,11H2,1H3. The predicted molar refractivity (Wildman–Crippen MR) is 52.6 cm³/mol. The van der Waals surface area contributed by atoms with Crippen molar-refractivity contribution >= 4 is 0 Å². The molecule has 0 amide bonds. The van der Waals surface area contributed by atoms with Gasteiger partial charge in [-0.05, 0) is 32.9 Å². The highest BCUT2D eigenvalue weighted by molar-refractivity contribution is 4.97. The number of hydrogen-bond donors (Lipinski definition) is 1. The summed E-state index contributed by atoms with van der Waals surface area (Å²) < 4.78 is 5.44. The first-order valence-electron chi connectivity index (χ1n) is 5.30. The highest BCUT2D eigenvalue weighted by atomic mass is 16.5. The van der Waals surface area contributed by atoms with E-state index in [0.717, 1.165) is 19.8 Å². The summed E-state index contributed by atoms with van der Waals surface area (Å²) in [5, 5.41) is 0. The molecule has 0 radical (unpaired) electrons. The molecule has 3 nitrogen and oxygen atoms in total. The van der Waals surface area contributed by atoms with E-state index in [1.54, 1.807) is 0 Å². The van der Waals surface area contributed by atoms with Crippen LogP contribution in [0.2, 0.25) is 0 Å². The van der Waals surface area contributed by atoms with Gasteiger partial charge in [0.2, 0.25) is 0 Å². The van der Waals surface area contributed by atoms with Gasteiger partial charge in [-0.3, -0.25) is 4.90 Å². The molecule has 0 aliphatic carbocycles. The quantitative estimate of drug-likeness (QED) is 0.692. The van der Waals surface area contributed by atoms with E-state index in [1.807, 2.05) is 0 Å². The Morgan fingerprint density at radius 3 is 2.69 bits per heavy atom. The number of ether oxygens (including phenoxy) is 1. The lowest BCUT2D eigenvalue weighted by Gasteiger charge is -2.49. The fourth-order valence-corrected chi connectivity index (χ4v) is 2.41. The Bertz CT molecular complexity index is 176. The normalized spacial score (nSPS) is 34.2. The van der Waals surface area contributed by atoms with Crippen molar-refractivity contribution in [3.63, 3.8) is 0 Å². The van der Waals surface area contributed by atoms with E-state index in [0.29, 0.717) is 5.92 Å². The first-order chi connectivity index (χ1) is 6.27. The van der Waals surface area contributed by atoms with Crippen molar-refractivity contribution in [3.05, 3.63) is 0 Å². The van der Waals surface area contributed by atoms with Gasteiger partial charge >= 0.3 is 0 Å². The lowest BCUT2D eigenvalue weighted by atomic mass is 9.81. The average Bonchev–Trinajstić information content (AvgIpc) is 2.52. The lowest BCUT2D eigenvalue weighted by Crippen LogP contribution is -2.61. The Morgan fingerprint density at radius 2 is 2.31 bits per heavy atom. The third-order valence-electron chi connectivity index (χ3n) is 3.80. The monoisotopic (exact) mass is 184 g/mol. The molecule has 2 rings (SSSR count). The topological polar surface area (TPSA) is 38.5 Å². The minimum atomic E-state index is 0.203. The van der Waals surface area contributed by atoms with Crippen LogP contribution < -0.4 is 5.73 Å². The summed E-state index contributed by atoms with van der Waals surface area (Å²) >= 11 is 0. The predicted octanol–water partition coefficient (Wildman–Crippen LogP) is 0.446. The Kier molecular flexibility index (Phi) is 2.58. The van der Waals surface area contributed by atoms with Gasteiger partial charge in [-0.1, -0.05) is 0 Å².